The molecular formula is C36H32O3P2. The third-order valence-corrected chi connectivity index (χ3v) is 15.8. The summed E-state index contributed by atoms with van der Waals surface area (Å²) in [7, 11) is -2.05. The fourth-order valence-electron chi connectivity index (χ4n) is 7.09. The Morgan fingerprint density at radius 1 is 0.415 bits per heavy atom. The number of carbonyl (C=O) groups is 2. The van der Waals surface area contributed by atoms with E-state index in [1.54, 1.807) is 0 Å². The van der Waals surface area contributed by atoms with Gasteiger partial charge in [0.2, 0.25) is 0 Å². The molecule has 5 atom stereocenters. The van der Waals surface area contributed by atoms with Gasteiger partial charge in [0.15, 0.2) is 0 Å². The van der Waals surface area contributed by atoms with Gasteiger partial charge in [0.1, 0.15) is 0 Å². The highest BCUT2D eigenvalue weighted by molar-refractivity contribution is 7.69. The Bertz CT molecular complexity index is 1360. The molecule has 2 saturated heterocycles. The monoisotopic (exact) mass is 574 g/mol. The average molecular weight is 575 g/mol. The first-order valence-corrected chi connectivity index (χ1v) is 17.4. The van der Waals surface area contributed by atoms with E-state index in [9.17, 15) is 9.59 Å². The number of benzene rings is 4. The lowest BCUT2D eigenvalue weighted by Crippen LogP contribution is -2.05. The van der Waals surface area contributed by atoms with Gasteiger partial charge in [0, 0.05) is 22.6 Å². The number of carbonyl (C=O) groups excluding carboxylic acids is 2. The van der Waals surface area contributed by atoms with E-state index in [-0.39, 0.29) is 22.6 Å². The minimum atomic E-state index is -1.02. The van der Waals surface area contributed by atoms with Gasteiger partial charge < -0.3 is 4.74 Å². The summed E-state index contributed by atoms with van der Waals surface area (Å²) >= 11 is 0. The largest absolute Gasteiger partial charge is 0.386 e. The van der Waals surface area contributed by atoms with Crippen molar-refractivity contribution in [3.05, 3.63) is 154 Å². The summed E-state index contributed by atoms with van der Waals surface area (Å²) in [5.74, 6) is -0.791. The molecule has 3 aliphatic heterocycles. The van der Waals surface area contributed by atoms with Crippen molar-refractivity contribution < 1.29 is 14.3 Å². The molecule has 5 heteroatoms. The minimum absolute atomic E-state index is 0.211. The highest BCUT2D eigenvalue weighted by Gasteiger charge is 2.52. The van der Waals surface area contributed by atoms with Crippen molar-refractivity contribution in [2.75, 3.05) is 0 Å². The van der Waals surface area contributed by atoms with Crippen LogP contribution >= 0.6 is 15.8 Å². The summed E-state index contributed by atoms with van der Waals surface area (Å²) in [6.07, 6.45) is 3.98. The van der Waals surface area contributed by atoms with Crippen LogP contribution in [0.4, 0.5) is 0 Å². The molecule has 4 aromatic rings. The van der Waals surface area contributed by atoms with Gasteiger partial charge in [0.05, 0.1) is 10.6 Å². The van der Waals surface area contributed by atoms with Gasteiger partial charge in [-0.1, -0.05) is 137 Å². The third kappa shape index (κ3) is 4.90. The summed E-state index contributed by atoms with van der Waals surface area (Å²) in [5.41, 5.74) is 5.88. The van der Waals surface area contributed by atoms with E-state index in [1.165, 1.54) is 22.3 Å². The van der Waals surface area contributed by atoms with Crippen LogP contribution < -0.4 is 0 Å². The summed E-state index contributed by atoms with van der Waals surface area (Å²) in [6.45, 7) is 0. The van der Waals surface area contributed by atoms with Crippen LogP contribution in [0, 0.1) is 0 Å². The van der Waals surface area contributed by atoms with Crippen LogP contribution in [0.3, 0.4) is 0 Å². The Kier molecular flexibility index (Phi) is 7.42. The zero-order chi connectivity index (χ0) is 27.8. The van der Waals surface area contributed by atoms with Gasteiger partial charge in [-0.25, -0.2) is 9.59 Å². The van der Waals surface area contributed by atoms with Crippen molar-refractivity contribution in [3.63, 3.8) is 0 Å². The molecule has 0 aromatic heterocycles. The first-order valence-electron chi connectivity index (χ1n) is 14.5. The molecule has 0 bridgehead atoms. The number of ether oxygens (including phenoxy) is 1. The molecule has 0 aliphatic carbocycles. The van der Waals surface area contributed by atoms with Crippen LogP contribution in [0.1, 0.15) is 70.6 Å². The van der Waals surface area contributed by atoms with Crippen molar-refractivity contribution in [2.24, 2.45) is 0 Å². The SMILES string of the molecule is O=C1OC(=O)C(P2[C@@H](c3ccccc3)CC[C@@H]2c2ccccc2)=C1P1C(c2ccccc2)CC[C@@H]1c1ccccc1. The number of cyclic esters (lactones) is 2. The normalized spacial score (nSPS) is 26.5. The Labute approximate surface area is 244 Å². The number of rotatable bonds is 6. The molecular weight excluding hydrogens is 542 g/mol. The van der Waals surface area contributed by atoms with Gasteiger partial charge in [-0.15, -0.1) is 0 Å². The molecule has 7 rings (SSSR count). The molecule has 0 spiro atoms. The maximum Gasteiger partial charge on any atom is 0.347 e. The van der Waals surface area contributed by atoms with Gasteiger partial charge in [-0.3, -0.25) is 0 Å². The quantitative estimate of drug-likeness (QED) is 0.131. The van der Waals surface area contributed by atoms with E-state index in [1.807, 2.05) is 24.3 Å². The maximum atomic E-state index is 13.9. The molecule has 3 aliphatic rings. The zero-order valence-electron chi connectivity index (χ0n) is 22.8. The molecule has 2 fully saturated rings. The summed E-state index contributed by atoms with van der Waals surface area (Å²) in [4.78, 5) is 27.8. The molecule has 204 valence electrons. The van der Waals surface area contributed by atoms with Crippen LogP contribution in [0.2, 0.25) is 0 Å². The van der Waals surface area contributed by atoms with E-state index in [4.69, 9.17) is 4.74 Å². The molecule has 3 heterocycles. The van der Waals surface area contributed by atoms with E-state index in [0.29, 0.717) is 0 Å². The zero-order valence-corrected chi connectivity index (χ0v) is 24.6. The van der Waals surface area contributed by atoms with Crippen molar-refractivity contribution in [1.82, 2.24) is 0 Å². The topological polar surface area (TPSA) is 43.4 Å². The van der Waals surface area contributed by atoms with Crippen LogP contribution in [0.5, 0.6) is 0 Å². The van der Waals surface area contributed by atoms with Crippen LogP contribution in [0.15, 0.2) is 132 Å². The molecule has 3 nitrogen and oxygen atoms in total. The lowest BCUT2D eigenvalue weighted by Gasteiger charge is -2.31. The molecule has 0 radical (unpaired) electrons. The molecule has 2 unspecified atom stereocenters. The molecule has 0 amide bonds. The highest BCUT2D eigenvalue weighted by Crippen LogP contribution is 2.81. The van der Waals surface area contributed by atoms with Crippen molar-refractivity contribution in [2.45, 2.75) is 48.3 Å². The smallest absolute Gasteiger partial charge is 0.347 e. The summed E-state index contributed by atoms with van der Waals surface area (Å²) < 4.78 is 5.63. The van der Waals surface area contributed by atoms with Gasteiger partial charge >= 0.3 is 11.9 Å². The fraction of sp³-hybridized carbons (Fsp3) is 0.222. The second kappa shape index (κ2) is 11.5. The lowest BCUT2D eigenvalue weighted by atomic mass is 10.0. The fourth-order valence-corrected chi connectivity index (χ4v) is 14.8. The van der Waals surface area contributed by atoms with Gasteiger partial charge in [-0.2, -0.15) is 0 Å². The summed E-state index contributed by atoms with van der Waals surface area (Å²) in [6, 6.07) is 42.4. The number of hydrogen-bond donors (Lipinski definition) is 0. The van der Waals surface area contributed by atoms with Crippen molar-refractivity contribution >= 4 is 27.8 Å². The van der Waals surface area contributed by atoms with Crippen molar-refractivity contribution in [1.29, 1.82) is 0 Å². The van der Waals surface area contributed by atoms with E-state index in [2.05, 4.69) is 97.1 Å². The third-order valence-electron chi connectivity index (χ3n) is 8.82. The lowest BCUT2D eigenvalue weighted by molar-refractivity contribution is -0.150. The van der Waals surface area contributed by atoms with Gasteiger partial charge in [0.25, 0.3) is 0 Å². The number of hydrogen-bond acceptors (Lipinski definition) is 3. The summed E-state index contributed by atoms with van der Waals surface area (Å²) in [5, 5.41) is 1.44. The second-order valence-corrected chi connectivity index (χ2v) is 16.1. The Morgan fingerprint density at radius 3 is 0.902 bits per heavy atom. The Hall–Kier alpha value is -3.38. The number of esters is 2. The van der Waals surface area contributed by atoms with Gasteiger partial charge in [-0.05, 0) is 47.9 Å². The maximum absolute atomic E-state index is 13.9. The minimum Gasteiger partial charge on any atom is -0.386 e. The molecule has 0 saturated carbocycles. The Morgan fingerprint density at radius 2 is 0.659 bits per heavy atom. The van der Waals surface area contributed by atoms with E-state index < -0.39 is 27.8 Å². The second-order valence-electron chi connectivity index (χ2n) is 11.0. The Balaban J connectivity index is 1.43. The average Bonchev–Trinajstić information content (AvgIpc) is 3.73. The predicted molar refractivity (Wildman–Crippen MR) is 167 cm³/mol. The van der Waals surface area contributed by atoms with Crippen molar-refractivity contribution in [3.8, 4) is 0 Å². The molecule has 4 aromatic carbocycles. The molecule has 0 N–H and O–H groups in total. The van der Waals surface area contributed by atoms with Crippen LogP contribution in [-0.2, 0) is 14.3 Å². The predicted octanol–water partition coefficient (Wildman–Crippen LogP) is 9.80. The van der Waals surface area contributed by atoms with Crippen LogP contribution in [0.25, 0.3) is 0 Å². The molecule has 41 heavy (non-hydrogen) atoms. The van der Waals surface area contributed by atoms with Crippen LogP contribution in [-0.4, -0.2) is 11.9 Å². The standard InChI is InChI=1S/C36H32O3P2/c37-35-33(40-29(25-13-5-1-6-14-25)21-22-30(40)26-15-7-2-8-16-26)34(36(38)39-35)41-31(27-17-9-3-10-18-27)23-24-32(41)28-19-11-4-12-20-28/h1-20,29-32H,21-24H2/t29-,30-,31-,32?,41?/m1/s1. The first kappa shape index (κ1) is 26.5. The highest BCUT2D eigenvalue weighted by atomic mass is 31.1. The van der Waals surface area contributed by atoms with E-state index >= 15 is 0 Å². The van der Waals surface area contributed by atoms with E-state index in [0.717, 1.165) is 36.3 Å². The first-order chi connectivity index (χ1) is 20.2.